The third-order valence-corrected chi connectivity index (χ3v) is 5.18. The first-order valence-electron chi connectivity index (χ1n) is 9.86. The highest BCUT2D eigenvalue weighted by molar-refractivity contribution is 6.31. The Morgan fingerprint density at radius 3 is 2.73 bits per heavy atom. The molecular formula is C22H25ClN6O. The van der Waals surface area contributed by atoms with E-state index in [1.807, 2.05) is 49.4 Å². The summed E-state index contributed by atoms with van der Waals surface area (Å²) in [6, 6.07) is 13.5. The zero-order valence-electron chi connectivity index (χ0n) is 16.9. The second kappa shape index (κ2) is 8.77. The van der Waals surface area contributed by atoms with E-state index in [-0.39, 0.29) is 0 Å². The number of nitrogens with two attached hydrogens (primary N) is 1. The second-order valence-corrected chi connectivity index (χ2v) is 7.84. The minimum atomic E-state index is 0.540. The highest BCUT2D eigenvalue weighted by Crippen LogP contribution is 2.38. The van der Waals surface area contributed by atoms with Crippen LogP contribution in [0.3, 0.4) is 0 Å². The van der Waals surface area contributed by atoms with E-state index in [0.717, 1.165) is 60.5 Å². The molecule has 0 saturated carbocycles. The molecule has 2 aromatic rings. The van der Waals surface area contributed by atoms with Gasteiger partial charge < -0.3 is 15.4 Å². The van der Waals surface area contributed by atoms with Crippen molar-refractivity contribution in [3.05, 3.63) is 65.3 Å². The molecule has 7 nitrogen and oxygen atoms in total. The van der Waals surface area contributed by atoms with Gasteiger partial charge in [0.2, 0.25) is 0 Å². The Bertz CT molecular complexity index is 1010. The lowest BCUT2D eigenvalue weighted by atomic mass is 10.1. The Hall–Kier alpha value is -3.03. The lowest BCUT2D eigenvalue weighted by Crippen LogP contribution is -2.51. The lowest BCUT2D eigenvalue weighted by molar-refractivity contribution is 0.202. The number of fused-ring (bicyclic) bond motifs is 2. The van der Waals surface area contributed by atoms with E-state index >= 15 is 0 Å². The average Bonchev–Trinajstić information content (AvgIpc) is 2.89. The topological polar surface area (TPSA) is 78.5 Å². The Morgan fingerprint density at radius 2 is 1.97 bits per heavy atom. The molecule has 0 spiro atoms. The van der Waals surface area contributed by atoms with Gasteiger partial charge in [-0.3, -0.25) is 10.3 Å². The number of nitrogens with zero attached hydrogens (tertiary/aromatic N) is 4. The van der Waals surface area contributed by atoms with Gasteiger partial charge in [0.25, 0.3) is 0 Å². The van der Waals surface area contributed by atoms with E-state index in [1.165, 1.54) is 0 Å². The third kappa shape index (κ3) is 4.58. The summed E-state index contributed by atoms with van der Waals surface area (Å²) in [5.74, 6) is 2.91. The number of ether oxygens (including phenoxy) is 1. The number of hydrogen-bond acceptors (Lipinski definition) is 6. The molecule has 0 amide bonds. The first-order chi connectivity index (χ1) is 14.5. The van der Waals surface area contributed by atoms with Crippen molar-refractivity contribution in [2.24, 2.45) is 15.8 Å². The number of hydrogen-bond donors (Lipinski definition) is 2. The van der Waals surface area contributed by atoms with Crippen LogP contribution in [0.1, 0.15) is 12.5 Å². The standard InChI is InChI=1S/C22H25ClN6O/c1-15(2)26-27-21(24)14-28-9-11-29(12-10-28)22-17-13-16(23)7-8-19(17)30-20-6-4-3-5-18(20)25-22/h3-8,13,26H,1,9-12,14H2,2H3,(H2,24,27). The van der Waals surface area contributed by atoms with Crippen molar-refractivity contribution in [3.8, 4) is 11.5 Å². The molecule has 2 heterocycles. The predicted molar refractivity (Wildman–Crippen MR) is 122 cm³/mol. The van der Waals surface area contributed by atoms with Crippen LogP contribution in [-0.2, 0) is 0 Å². The smallest absolute Gasteiger partial charge is 0.153 e. The summed E-state index contributed by atoms with van der Waals surface area (Å²) in [4.78, 5) is 9.50. The van der Waals surface area contributed by atoms with Gasteiger partial charge in [0, 0.05) is 36.9 Å². The quantitative estimate of drug-likeness (QED) is 0.446. The van der Waals surface area contributed by atoms with Crippen molar-refractivity contribution in [1.29, 1.82) is 0 Å². The average molecular weight is 425 g/mol. The van der Waals surface area contributed by atoms with Crippen LogP contribution in [0.5, 0.6) is 11.5 Å². The summed E-state index contributed by atoms with van der Waals surface area (Å²) in [5, 5.41) is 4.79. The van der Waals surface area contributed by atoms with Crippen LogP contribution in [0.2, 0.25) is 5.02 Å². The summed E-state index contributed by atoms with van der Waals surface area (Å²) in [6.45, 7) is 9.53. The van der Waals surface area contributed by atoms with Crippen molar-refractivity contribution in [2.45, 2.75) is 6.92 Å². The molecule has 0 aromatic heterocycles. The molecule has 2 aliphatic rings. The highest BCUT2D eigenvalue weighted by atomic mass is 35.5. The maximum Gasteiger partial charge on any atom is 0.153 e. The van der Waals surface area contributed by atoms with E-state index in [0.29, 0.717) is 17.4 Å². The van der Waals surface area contributed by atoms with E-state index in [2.05, 4.69) is 26.9 Å². The van der Waals surface area contributed by atoms with Gasteiger partial charge in [0.05, 0.1) is 12.1 Å². The first kappa shape index (κ1) is 20.3. The molecule has 4 rings (SSSR count). The zero-order valence-corrected chi connectivity index (χ0v) is 17.7. The maximum absolute atomic E-state index is 6.30. The summed E-state index contributed by atoms with van der Waals surface area (Å²) in [5.41, 5.74) is 11.3. The summed E-state index contributed by atoms with van der Waals surface area (Å²) >= 11 is 6.30. The van der Waals surface area contributed by atoms with E-state index < -0.39 is 0 Å². The number of nitrogens with one attached hydrogen (secondary N) is 1. The summed E-state index contributed by atoms with van der Waals surface area (Å²) in [6.07, 6.45) is 0. The number of para-hydroxylation sites is 2. The van der Waals surface area contributed by atoms with Gasteiger partial charge in [0.15, 0.2) is 5.75 Å². The molecule has 2 aromatic carbocycles. The number of rotatable bonds is 4. The van der Waals surface area contributed by atoms with Gasteiger partial charge in [-0.25, -0.2) is 4.99 Å². The van der Waals surface area contributed by atoms with Crippen LogP contribution in [0.25, 0.3) is 0 Å². The van der Waals surface area contributed by atoms with Gasteiger partial charge in [-0.15, -0.1) is 0 Å². The minimum Gasteiger partial charge on any atom is -0.454 e. The number of piperazine rings is 1. The largest absolute Gasteiger partial charge is 0.454 e. The fourth-order valence-corrected chi connectivity index (χ4v) is 3.66. The van der Waals surface area contributed by atoms with Crippen molar-refractivity contribution < 1.29 is 4.74 Å². The lowest BCUT2D eigenvalue weighted by Gasteiger charge is -2.36. The van der Waals surface area contributed by atoms with E-state index in [4.69, 9.17) is 27.1 Å². The third-order valence-electron chi connectivity index (χ3n) is 4.94. The molecule has 0 bridgehead atoms. The second-order valence-electron chi connectivity index (χ2n) is 7.40. The molecule has 8 heteroatoms. The monoisotopic (exact) mass is 424 g/mol. The number of allylic oxidation sites excluding steroid dienone is 1. The fraction of sp³-hybridized carbons (Fsp3) is 0.273. The molecule has 0 aliphatic carbocycles. The molecule has 0 unspecified atom stereocenters. The van der Waals surface area contributed by atoms with Crippen LogP contribution >= 0.6 is 11.6 Å². The van der Waals surface area contributed by atoms with Gasteiger partial charge in [-0.2, -0.15) is 5.10 Å². The SMILES string of the molecule is C=C(C)N/N=C(\N)CN1CCN(C2=Nc3ccccc3Oc3ccc(Cl)cc32)CC1. The first-order valence-corrected chi connectivity index (χ1v) is 10.2. The molecule has 1 saturated heterocycles. The summed E-state index contributed by atoms with van der Waals surface area (Å²) in [7, 11) is 0. The molecule has 30 heavy (non-hydrogen) atoms. The molecule has 0 radical (unpaired) electrons. The number of halogens is 1. The fourth-order valence-electron chi connectivity index (χ4n) is 3.49. The molecule has 0 atom stereocenters. The number of aliphatic imine (C=N–C) groups is 1. The predicted octanol–water partition coefficient (Wildman–Crippen LogP) is 3.54. The van der Waals surface area contributed by atoms with Crippen molar-refractivity contribution >= 4 is 29.0 Å². The van der Waals surface area contributed by atoms with Gasteiger partial charge >= 0.3 is 0 Å². The zero-order chi connectivity index (χ0) is 21.1. The number of amidine groups is 2. The van der Waals surface area contributed by atoms with Crippen LogP contribution in [0, 0.1) is 0 Å². The number of benzene rings is 2. The van der Waals surface area contributed by atoms with Crippen LogP contribution in [0.4, 0.5) is 5.69 Å². The minimum absolute atomic E-state index is 0.540. The summed E-state index contributed by atoms with van der Waals surface area (Å²) < 4.78 is 6.14. The Labute approximate surface area is 181 Å². The van der Waals surface area contributed by atoms with Crippen LogP contribution in [0.15, 0.2) is 64.8 Å². The Kier molecular flexibility index (Phi) is 5.92. The van der Waals surface area contributed by atoms with Gasteiger partial charge in [-0.1, -0.05) is 30.3 Å². The molecule has 3 N–H and O–H groups in total. The van der Waals surface area contributed by atoms with E-state index in [1.54, 1.807) is 0 Å². The molecule has 2 aliphatic heterocycles. The van der Waals surface area contributed by atoms with E-state index in [9.17, 15) is 0 Å². The highest BCUT2D eigenvalue weighted by Gasteiger charge is 2.26. The maximum atomic E-state index is 6.30. The van der Waals surface area contributed by atoms with Crippen molar-refractivity contribution in [2.75, 3.05) is 32.7 Å². The van der Waals surface area contributed by atoms with Crippen molar-refractivity contribution in [3.63, 3.8) is 0 Å². The molecular weight excluding hydrogens is 400 g/mol. The number of hydrazone groups is 1. The van der Waals surface area contributed by atoms with Gasteiger partial charge in [0.1, 0.15) is 23.1 Å². The molecule has 1 fully saturated rings. The van der Waals surface area contributed by atoms with Crippen LogP contribution < -0.4 is 15.9 Å². The van der Waals surface area contributed by atoms with Crippen molar-refractivity contribution in [1.82, 2.24) is 15.2 Å². The normalized spacial score (nSPS) is 16.7. The Balaban J connectivity index is 1.54. The van der Waals surface area contributed by atoms with Gasteiger partial charge in [-0.05, 0) is 37.3 Å². The molecule has 156 valence electrons. The van der Waals surface area contributed by atoms with Crippen LogP contribution in [-0.4, -0.2) is 54.2 Å². The Morgan fingerprint density at radius 1 is 1.20 bits per heavy atom.